The van der Waals surface area contributed by atoms with Gasteiger partial charge in [-0.05, 0) is 61.4 Å². The Balaban J connectivity index is 1.51. The average molecular weight is 478 g/mol. The van der Waals surface area contributed by atoms with Crippen LogP contribution in [-0.2, 0) is 17.9 Å². The van der Waals surface area contributed by atoms with Crippen molar-refractivity contribution < 1.29 is 14.3 Å². The Bertz CT molecular complexity index is 1210. The molecule has 0 aliphatic carbocycles. The van der Waals surface area contributed by atoms with Crippen LogP contribution in [0.2, 0.25) is 5.02 Å². The van der Waals surface area contributed by atoms with Crippen LogP contribution < -0.4 is 15.0 Å². The van der Waals surface area contributed by atoms with Crippen LogP contribution in [-0.4, -0.2) is 30.0 Å². The highest BCUT2D eigenvalue weighted by atomic mass is 35.5. The summed E-state index contributed by atoms with van der Waals surface area (Å²) in [5.74, 6) is 0.718. The van der Waals surface area contributed by atoms with Gasteiger partial charge in [0.15, 0.2) is 0 Å². The summed E-state index contributed by atoms with van der Waals surface area (Å²) >= 11 is 6.20. The van der Waals surface area contributed by atoms with E-state index < -0.39 is 0 Å². The zero-order valence-corrected chi connectivity index (χ0v) is 20.4. The van der Waals surface area contributed by atoms with Gasteiger partial charge < -0.3 is 19.9 Å². The summed E-state index contributed by atoms with van der Waals surface area (Å²) in [6.07, 6.45) is 0. The number of aryl methyl sites for hydroxylation is 2. The number of amides is 3. The second kappa shape index (κ2) is 10.2. The first-order valence-electron chi connectivity index (χ1n) is 11.2. The second-order valence-corrected chi connectivity index (χ2v) is 8.95. The maximum Gasteiger partial charge on any atom is 0.322 e. The Morgan fingerprint density at radius 1 is 1.06 bits per heavy atom. The summed E-state index contributed by atoms with van der Waals surface area (Å²) in [5.41, 5.74) is 5.46. The lowest BCUT2D eigenvalue weighted by Crippen LogP contribution is -2.36. The molecule has 0 fully saturated rings. The van der Waals surface area contributed by atoms with E-state index in [1.165, 1.54) is 0 Å². The largest absolute Gasteiger partial charge is 0.491 e. The van der Waals surface area contributed by atoms with Crippen molar-refractivity contribution in [2.45, 2.75) is 33.9 Å². The lowest BCUT2D eigenvalue weighted by Gasteiger charge is -2.23. The van der Waals surface area contributed by atoms with E-state index in [1.807, 2.05) is 68.4 Å². The topological polar surface area (TPSA) is 61.9 Å². The molecule has 0 unspecified atom stereocenters. The normalized spacial score (nSPS) is 12.9. The van der Waals surface area contributed by atoms with Crippen LogP contribution in [0.1, 0.15) is 29.2 Å². The SMILES string of the molecule is CC(=O)N(Cc1ccc2c(c1)CN(C(=O)Nc1ccc(C)c(Cl)c1)CCO2)c1ccc(C)cc1. The highest BCUT2D eigenvalue weighted by molar-refractivity contribution is 6.31. The van der Waals surface area contributed by atoms with E-state index in [2.05, 4.69) is 5.32 Å². The van der Waals surface area contributed by atoms with Crippen LogP contribution in [0, 0.1) is 13.8 Å². The number of hydrogen-bond donors (Lipinski definition) is 1. The van der Waals surface area contributed by atoms with E-state index in [0.29, 0.717) is 37.0 Å². The van der Waals surface area contributed by atoms with Gasteiger partial charge in [0.1, 0.15) is 12.4 Å². The third-order valence-corrected chi connectivity index (χ3v) is 6.29. The number of hydrogen-bond acceptors (Lipinski definition) is 3. The molecule has 4 rings (SSSR count). The van der Waals surface area contributed by atoms with Crippen LogP contribution in [0.3, 0.4) is 0 Å². The Hall–Kier alpha value is -3.51. The van der Waals surface area contributed by atoms with E-state index in [-0.39, 0.29) is 11.9 Å². The molecule has 176 valence electrons. The van der Waals surface area contributed by atoms with Gasteiger partial charge in [0, 0.05) is 28.9 Å². The van der Waals surface area contributed by atoms with Crippen molar-refractivity contribution >= 4 is 34.9 Å². The summed E-state index contributed by atoms with van der Waals surface area (Å²) in [4.78, 5) is 28.8. The van der Waals surface area contributed by atoms with E-state index in [1.54, 1.807) is 22.8 Å². The lowest BCUT2D eigenvalue weighted by atomic mass is 10.1. The number of halogens is 1. The summed E-state index contributed by atoms with van der Waals surface area (Å²) in [5, 5.41) is 3.53. The summed E-state index contributed by atoms with van der Waals surface area (Å²) < 4.78 is 5.90. The standard InChI is InChI=1S/C27H28ClN3O3/c1-18-4-9-24(10-5-18)31(20(3)32)16-21-7-11-26-22(14-21)17-30(12-13-34-26)27(33)29-23-8-6-19(2)25(28)15-23/h4-11,14-15H,12-13,16-17H2,1-3H3,(H,29,33). The van der Waals surface area contributed by atoms with Gasteiger partial charge >= 0.3 is 6.03 Å². The molecule has 3 amide bonds. The summed E-state index contributed by atoms with van der Waals surface area (Å²) in [6.45, 7) is 7.19. The molecule has 1 heterocycles. The second-order valence-electron chi connectivity index (χ2n) is 8.55. The minimum Gasteiger partial charge on any atom is -0.491 e. The number of nitrogens with one attached hydrogen (secondary N) is 1. The third-order valence-electron chi connectivity index (χ3n) is 5.88. The third kappa shape index (κ3) is 5.51. The maximum absolute atomic E-state index is 13.0. The number of urea groups is 1. The Labute approximate surface area is 205 Å². The quantitative estimate of drug-likeness (QED) is 0.506. The molecule has 0 spiro atoms. The van der Waals surface area contributed by atoms with Crippen LogP contribution >= 0.6 is 11.6 Å². The van der Waals surface area contributed by atoms with E-state index >= 15 is 0 Å². The van der Waals surface area contributed by atoms with Gasteiger partial charge in [-0.15, -0.1) is 0 Å². The number of benzene rings is 3. The zero-order valence-electron chi connectivity index (χ0n) is 19.6. The molecule has 0 radical (unpaired) electrons. The molecule has 1 aliphatic rings. The zero-order chi connectivity index (χ0) is 24.2. The van der Waals surface area contributed by atoms with Crippen molar-refractivity contribution in [3.05, 3.63) is 87.9 Å². The first kappa shape index (κ1) is 23.6. The number of anilines is 2. The van der Waals surface area contributed by atoms with Crippen molar-refractivity contribution in [3.63, 3.8) is 0 Å². The van der Waals surface area contributed by atoms with Crippen LogP contribution in [0.5, 0.6) is 5.75 Å². The highest BCUT2D eigenvalue weighted by Gasteiger charge is 2.21. The number of carbonyl (C=O) groups is 2. The van der Waals surface area contributed by atoms with E-state index in [4.69, 9.17) is 16.3 Å². The molecule has 1 N–H and O–H groups in total. The lowest BCUT2D eigenvalue weighted by molar-refractivity contribution is -0.116. The molecule has 0 aromatic heterocycles. The molecule has 3 aromatic carbocycles. The predicted molar refractivity (Wildman–Crippen MR) is 136 cm³/mol. The fourth-order valence-corrected chi connectivity index (χ4v) is 4.06. The van der Waals surface area contributed by atoms with Gasteiger partial charge in [-0.1, -0.05) is 41.4 Å². The van der Waals surface area contributed by atoms with Gasteiger partial charge in [-0.3, -0.25) is 4.79 Å². The number of carbonyl (C=O) groups excluding carboxylic acids is 2. The Kier molecular flexibility index (Phi) is 7.08. The van der Waals surface area contributed by atoms with Gasteiger partial charge in [0.2, 0.25) is 5.91 Å². The van der Waals surface area contributed by atoms with Crippen molar-refractivity contribution in [3.8, 4) is 5.75 Å². The molecule has 0 saturated heterocycles. The minimum absolute atomic E-state index is 0.0344. The summed E-state index contributed by atoms with van der Waals surface area (Å²) in [6, 6.07) is 19.0. The molecule has 0 atom stereocenters. The first-order chi connectivity index (χ1) is 16.3. The Morgan fingerprint density at radius 2 is 1.82 bits per heavy atom. The van der Waals surface area contributed by atoms with Gasteiger partial charge in [-0.2, -0.15) is 0 Å². The van der Waals surface area contributed by atoms with Crippen LogP contribution in [0.4, 0.5) is 16.2 Å². The van der Waals surface area contributed by atoms with Crippen LogP contribution in [0.15, 0.2) is 60.7 Å². The minimum atomic E-state index is -0.216. The number of rotatable bonds is 4. The molecule has 3 aromatic rings. The molecular formula is C27H28ClN3O3. The fraction of sp³-hybridized carbons (Fsp3) is 0.259. The molecular weight excluding hydrogens is 450 g/mol. The monoisotopic (exact) mass is 477 g/mol. The predicted octanol–water partition coefficient (Wildman–Crippen LogP) is 5.94. The smallest absolute Gasteiger partial charge is 0.322 e. The molecule has 0 bridgehead atoms. The molecule has 7 heteroatoms. The van der Waals surface area contributed by atoms with E-state index in [0.717, 1.165) is 33.7 Å². The van der Waals surface area contributed by atoms with Crippen molar-refractivity contribution in [1.29, 1.82) is 0 Å². The number of nitrogens with zero attached hydrogens (tertiary/aromatic N) is 2. The first-order valence-corrected chi connectivity index (χ1v) is 11.6. The van der Waals surface area contributed by atoms with Crippen molar-refractivity contribution in [2.75, 3.05) is 23.4 Å². The molecule has 6 nitrogen and oxygen atoms in total. The molecule has 1 aliphatic heterocycles. The fourth-order valence-electron chi connectivity index (χ4n) is 3.88. The van der Waals surface area contributed by atoms with Gasteiger partial charge in [0.05, 0.1) is 19.6 Å². The summed E-state index contributed by atoms with van der Waals surface area (Å²) in [7, 11) is 0. The van der Waals surface area contributed by atoms with Gasteiger partial charge in [-0.25, -0.2) is 4.79 Å². The van der Waals surface area contributed by atoms with Crippen LogP contribution in [0.25, 0.3) is 0 Å². The molecule has 0 saturated carbocycles. The van der Waals surface area contributed by atoms with Gasteiger partial charge in [0.25, 0.3) is 0 Å². The van der Waals surface area contributed by atoms with E-state index in [9.17, 15) is 9.59 Å². The maximum atomic E-state index is 13.0. The highest BCUT2D eigenvalue weighted by Crippen LogP contribution is 2.27. The van der Waals surface area contributed by atoms with Crippen molar-refractivity contribution in [1.82, 2.24) is 4.90 Å². The molecule has 34 heavy (non-hydrogen) atoms. The number of ether oxygens (including phenoxy) is 1. The Morgan fingerprint density at radius 3 is 2.53 bits per heavy atom. The number of fused-ring (bicyclic) bond motifs is 1. The van der Waals surface area contributed by atoms with Crippen molar-refractivity contribution in [2.24, 2.45) is 0 Å². The average Bonchev–Trinajstić information content (AvgIpc) is 3.02.